The fourth-order valence-corrected chi connectivity index (χ4v) is 4.76. The van der Waals surface area contributed by atoms with Crippen molar-refractivity contribution in [2.24, 2.45) is 5.92 Å². The summed E-state index contributed by atoms with van der Waals surface area (Å²) in [7, 11) is 0. The summed E-state index contributed by atoms with van der Waals surface area (Å²) in [6.45, 7) is 9.32. The topological polar surface area (TPSA) is 60.9 Å². The van der Waals surface area contributed by atoms with Crippen LogP contribution in [0.3, 0.4) is 0 Å². The molecule has 2 amide bonds. The molecule has 0 aliphatic carbocycles. The van der Waals surface area contributed by atoms with Crippen LogP contribution in [0, 0.1) is 33.6 Å². The first-order valence-electron chi connectivity index (χ1n) is 11.0. The molecule has 5 nitrogen and oxygen atoms in total. The Labute approximate surface area is 184 Å². The van der Waals surface area contributed by atoms with E-state index in [-0.39, 0.29) is 24.3 Å². The third kappa shape index (κ3) is 3.68. The van der Waals surface area contributed by atoms with Crippen LogP contribution in [0.4, 0.5) is 5.69 Å². The van der Waals surface area contributed by atoms with E-state index in [1.165, 1.54) is 4.90 Å². The average Bonchev–Trinajstić information content (AvgIpc) is 3.00. The van der Waals surface area contributed by atoms with Gasteiger partial charge in [-0.25, -0.2) is 4.90 Å². The second kappa shape index (κ2) is 8.31. The maximum Gasteiger partial charge on any atom is 0.282 e. The average molecular weight is 419 g/mol. The van der Waals surface area contributed by atoms with E-state index in [1.54, 1.807) is 0 Å². The molecule has 5 heteroatoms. The Morgan fingerprint density at radius 1 is 1.00 bits per heavy atom. The number of imide groups is 1. The highest BCUT2D eigenvalue weighted by molar-refractivity contribution is 6.45. The molecule has 0 bridgehead atoms. The van der Waals surface area contributed by atoms with Gasteiger partial charge in [0.1, 0.15) is 5.70 Å². The monoisotopic (exact) mass is 418 g/mol. The highest BCUT2D eigenvalue weighted by atomic mass is 16.3. The Hall–Kier alpha value is -2.92. The van der Waals surface area contributed by atoms with Crippen molar-refractivity contribution in [1.82, 2.24) is 4.90 Å². The summed E-state index contributed by atoms with van der Waals surface area (Å²) in [5.41, 5.74) is 6.45. The van der Waals surface area contributed by atoms with E-state index in [9.17, 15) is 14.7 Å². The fraction of sp³-hybridized carbons (Fsp3) is 0.385. The molecule has 31 heavy (non-hydrogen) atoms. The number of nitrogens with zero attached hydrogens (tertiary/aromatic N) is 2. The maximum atomic E-state index is 13.8. The SMILES string of the molecule is Cc1ccc(C2=C(N3CCCC(CO)C3)C(=O)N(c3cccc(C)c3C)C2=O)c(C)c1. The van der Waals surface area contributed by atoms with Crippen LogP contribution < -0.4 is 4.90 Å². The molecular formula is C26H30N2O3. The molecule has 2 aliphatic heterocycles. The summed E-state index contributed by atoms with van der Waals surface area (Å²) < 4.78 is 0. The molecule has 0 spiro atoms. The number of benzene rings is 2. The van der Waals surface area contributed by atoms with Crippen LogP contribution in [0.25, 0.3) is 5.57 Å². The van der Waals surface area contributed by atoms with Gasteiger partial charge in [-0.15, -0.1) is 0 Å². The first-order chi connectivity index (χ1) is 14.8. The van der Waals surface area contributed by atoms with Gasteiger partial charge in [0.05, 0.1) is 11.3 Å². The third-order valence-corrected chi connectivity index (χ3v) is 6.62. The molecule has 2 heterocycles. The summed E-state index contributed by atoms with van der Waals surface area (Å²) in [6.07, 6.45) is 1.82. The van der Waals surface area contributed by atoms with E-state index in [0.717, 1.165) is 40.7 Å². The highest BCUT2D eigenvalue weighted by Crippen LogP contribution is 2.39. The number of aryl methyl sites for hydroxylation is 3. The molecule has 1 atom stereocenters. The zero-order valence-electron chi connectivity index (χ0n) is 18.7. The van der Waals surface area contributed by atoms with Gasteiger partial charge in [0.25, 0.3) is 11.8 Å². The van der Waals surface area contributed by atoms with Crippen molar-refractivity contribution < 1.29 is 14.7 Å². The molecule has 0 saturated carbocycles. The molecule has 0 radical (unpaired) electrons. The standard InChI is InChI=1S/C26H30N2O3/c1-16-10-11-21(18(3)13-16)23-24(27-12-6-8-20(14-27)15-29)26(31)28(25(23)30)22-9-5-7-17(2)19(22)4/h5,7,9-11,13,20,29H,6,8,12,14-15H2,1-4H3. The number of hydrogen-bond acceptors (Lipinski definition) is 4. The number of aliphatic hydroxyl groups is 1. The molecule has 2 aromatic carbocycles. The van der Waals surface area contributed by atoms with E-state index < -0.39 is 0 Å². The summed E-state index contributed by atoms with van der Waals surface area (Å²) in [6, 6.07) is 11.7. The van der Waals surface area contributed by atoms with Gasteiger partial charge < -0.3 is 10.0 Å². The van der Waals surface area contributed by atoms with Gasteiger partial charge in [0.2, 0.25) is 0 Å². The lowest BCUT2D eigenvalue weighted by Crippen LogP contribution is -2.40. The van der Waals surface area contributed by atoms with Gasteiger partial charge in [0.15, 0.2) is 0 Å². The number of rotatable bonds is 4. The third-order valence-electron chi connectivity index (χ3n) is 6.62. The quantitative estimate of drug-likeness (QED) is 0.765. The van der Waals surface area contributed by atoms with E-state index >= 15 is 0 Å². The summed E-state index contributed by atoms with van der Waals surface area (Å²) in [4.78, 5) is 30.9. The Kier molecular flexibility index (Phi) is 5.71. The predicted molar refractivity (Wildman–Crippen MR) is 123 cm³/mol. The molecule has 0 aromatic heterocycles. The molecule has 4 rings (SSSR count). The zero-order valence-corrected chi connectivity index (χ0v) is 18.7. The lowest BCUT2D eigenvalue weighted by molar-refractivity contribution is -0.120. The van der Waals surface area contributed by atoms with E-state index in [4.69, 9.17) is 0 Å². The van der Waals surface area contributed by atoms with Crippen LogP contribution in [0.2, 0.25) is 0 Å². The van der Waals surface area contributed by atoms with Crippen LogP contribution >= 0.6 is 0 Å². The molecule has 1 N–H and O–H groups in total. The minimum absolute atomic E-state index is 0.0888. The second-order valence-corrected chi connectivity index (χ2v) is 8.84. The molecule has 1 fully saturated rings. The number of likely N-dealkylation sites (tertiary alicyclic amines) is 1. The van der Waals surface area contributed by atoms with Crippen LogP contribution in [-0.4, -0.2) is 41.5 Å². The number of amides is 2. The molecular weight excluding hydrogens is 388 g/mol. The van der Waals surface area contributed by atoms with Gasteiger partial charge in [-0.2, -0.15) is 0 Å². The number of piperidine rings is 1. The fourth-order valence-electron chi connectivity index (χ4n) is 4.76. The number of carbonyl (C=O) groups excluding carboxylic acids is 2. The largest absolute Gasteiger partial charge is 0.396 e. The smallest absolute Gasteiger partial charge is 0.282 e. The van der Waals surface area contributed by atoms with E-state index in [1.807, 2.05) is 69.0 Å². The van der Waals surface area contributed by atoms with Gasteiger partial charge >= 0.3 is 0 Å². The van der Waals surface area contributed by atoms with Gasteiger partial charge in [0, 0.05) is 19.7 Å². The van der Waals surface area contributed by atoms with Crippen LogP contribution in [-0.2, 0) is 9.59 Å². The van der Waals surface area contributed by atoms with Crippen molar-refractivity contribution in [3.8, 4) is 0 Å². The Morgan fingerprint density at radius 2 is 1.77 bits per heavy atom. The number of aliphatic hydroxyl groups excluding tert-OH is 1. The van der Waals surface area contributed by atoms with Crippen molar-refractivity contribution in [3.05, 3.63) is 69.9 Å². The highest BCUT2D eigenvalue weighted by Gasteiger charge is 2.44. The summed E-state index contributed by atoms with van der Waals surface area (Å²) in [5.74, 6) is -0.432. The van der Waals surface area contributed by atoms with Crippen LogP contribution in [0.1, 0.15) is 40.7 Å². The number of hydrogen-bond donors (Lipinski definition) is 1. The molecule has 162 valence electrons. The minimum atomic E-state index is -0.272. The van der Waals surface area contributed by atoms with Crippen LogP contribution in [0.5, 0.6) is 0 Å². The first kappa shape index (κ1) is 21.3. The number of anilines is 1. The maximum absolute atomic E-state index is 13.8. The summed E-state index contributed by atoms with van der Waals surface area (Å²) >= 11 is 0. The molecule has 2 aliphatic rings. The van der Waals surface area contributed by atoms with Gasteiger partial charge in [-0.3, -0.25) is 9.59 Å². The second-order valence-electron chi connectivity index (χ2n) is 8.84. The van der Waals surface area contributed by atoms with Crippen LogP contribution in [0.15, 0.2) is 42.1 Å². The Morgan fingerprint density at radius 3 is 2.48 bits per heavy atom. The lowest BCUT2D eigenvalue weighted by atomic mass is 9.95. The normalized spacial score (nSPS) is 19.6. The van der Waals surface area contributed by atoms with Crippen molar-refractivity contribution in [2.75, 3.05) is 24.6 Å². The Balaban J connectivity index is 1.88. The first-order valence-corrected chi connectivity index (χ1v) is 11.0. The summed E-state index contributed by atoms with van der Waals surface area (Å²) in [5, 5.41) is 9.72. The Bertz CT molecular complexity index is 1090. The number of carbonyl (C=O) groups is 2. The molecule has 2 aromatic rings. The van der Waals surface area contributed by atoms with Crippen molar-refractivity contribution >= 4 is 23.1 Å². The van der Waals surface area contributed by atoms with E-state index in [0.29, 0.717) is 30.0 Å². The van der Waals surface area contributed by atoms with Crippen molar-refractivity contribution in [2.45, 2.75) is 40.5 Å². The molecule has 1 saturated heterocycles. The minimum Gasteiger partial charge on any atom is -0.396 e. The van der Waals surface area contributed by atoms with Crippen molar-refractivity contribution in [1.29, 1.82) is 0 Å². The van der Waals surface area contributed by atoms with Gasteiger partial charge in [-0.05, 0) is 74.8 Å². The predicted octanol–water partition coefficient (Wildman–Crippen LogP) is 3.91. The molecule has 1 unspecified atom stereocenters. The van der Waals surface area contributed by atoms with Gasteiger partial charge in [-0.1, -0.05) is 35.9 Å². The van der Waals surface area contributed by atoms with Crippen molar-refractivity contribution in [3.63, 3.8) is 0 Å². The zero-order chi connectivity index (χ0) is 22.3. The van der Waals surface area contributed by atoms with E-state index in [2.05, 4.69) is 0 Å². The lowest BCUT2D eigenvalue weighted by Gasteiger charge is -2.34.